The molecule has 4 aliphatic rings. The Hall–Kier alpha value is -1.56. The van der Waals surface area contributed by atoms with Crippen LogP contribution < -0.4 is 5.32 Å². The maximum Gasteiger partial charge on any atom is 0.407 e. The zero-order valence-corrected chi connectivity index (χ0v) is 28.7. The molecule has 3 fully saturated rings. The Bertz CT molecular complexity index is 964. The first-order valence-corrected chi connectivity index (χ1v) is 18.0. The molecule has 4 rings (SSSR count). The van der Waals surface area contributed by atoms with Crippen LogP contribution in [0.2, 0.25) is 0 Å². The molecular formula is C37H64N2O4. The van der Waals surface area contributed by atoms with Crippen molar-refractivity contribution in [3.05, 3.63) is 11.6 Å². The van der Waals surface area contributed by atoms with Crippen LogP contribution in [0.5, 0.6) is 0 Å². The average Bonchev–Trinajstić information content (AvgIpc) is 3.30. The summed E-state index contributed by atoms with van der Waals surface area (Å²) in [6, 6.07) is 0. The number of alkyl carbamates (subject to hydrolysis) is 1. The summed E-state index contributed by atoms with van der Waals surface area (Å²) in [5.41, 5.74) is 2.33. The highest BCUT2D eigenvalue weighted by atomic mass is 16.6. The first-order chi connectivity index (χ1) is 20.5. The predicted octanol–water partition coefficient (Wildman–Crippen LogP) is 8.40. The highest BCUT2D eigenvalue weighted by molar-refractivity contribution is 5.71. The number of nitrogens with zero attached hydrogens (tertiary/aromatic N) is 1. The summed E-state index contributed by atoms with van der Waals surface area (Å²) < 4.78 is 11.0. The fourth-order valence-electron chi connectivity index (χ4n) is 10.2. The maximum absolute atomic E-state index is 12.7. The van der Waals surface area contributed by atoms with Crippen LogP contribution in [-0.4, -0.2) is 55.9 Å². The van der Waals surface area contributed by atoms with Crippen LogP contribution in [0, 0.1) is 46.3 Å². The Kier molecular flexibility index (Phi) is 12.1. The molecule has 0 aromatic heterocycles. The molecule has 0 saturated heterocycles. The Balaban J connectivity index is 1.29. The summed E-state index contributed by atoms with van der Waals surface area (Å²) in [5.74, 6) is 4.82. The van der Waals surface area contributed by atoms with E-state index in [1.165, 1.54) is 51.4 Å². The van der Waals surface area contributed by atoms with E-state index in [4.69, 9.17) is 9.47 Å². The molecule has 3 saturated carbocycles. The van der Waals surface area contributed by atoms with Crippen molar-refractivity contribution in [2.45, 2.75) is 132 Å². The highest BCUT2D eigenvalue weighted by Gasteiger charge is 2.59. The summed E-state index contributed by atoms with van der Waals surface area (Å²) >= 11 is 0. The van der Waals surface area contributed by atoms with Gasteiger partial charge < -0.3 is 14.8 Å². The second-order valence-corrected chi connectivity index (χ2v) is 15.6. The van der Waals surface area contributed by atoms with Gasteiger partial charge in [-0.2, -0.15) is 0 Å². The third-order valence-electron chi connectivity index (χ3n) is 12.4. The number of allylic oxidation sites excluding steroid dienone is 1. The summed E-state index contributed by atoms with van der Waals surface area (Å²) in [7, 11) is 0. The molecule has 8 atom stereocenters. The van der Waals surface area contributed by atoms with Gasteiger partial charge in [0.05, 0.1) is 13.2 Å². The van der Waals surface area contributed by atoms with E-state index in [9.17, 15) is 9.59 Å². The van der Waals surface area contributed by atoms with Crippen molar-refractivity contribution in [2.75, 3.05) is 32.8 Å². The zero-order valence-electron chi connectivity index (χ0n) is 28.7. The molecule has 1 N–H and O–H groups in total. The van der Waals surface area contributed by atoms with Crippen LogP contribution in [0.15, 0.2) is 11.6 Å². The third kappa shape index (κ3) is 8.00. The SMILES string of the molecule is CCCN(CCNC(=O)O[C@H]1CC[C@@]2(C)C(=CC[C@H]3[C@@H]4CC[C@H]([C@H](C)CCCC(C)C)[C@@]4(C)CC[C@@H]32)C1)CC(=O)OCC. The molecule has 0 bridgehead atoms. The minimum atomic E-state index is -0.330. The molecule has 246 valence electrons. The molecule has 0 aromatic carbocycles. The maximum atomic E-state index is 12.7. The van der Waals surface area contributed by atoms with Gasteiger partial charge in [-0.3, -0.25) is 9.69 Å². The van der Waals surface area contributed by atoms with Gasteiger partial charge >= 0.3 is 12.1 Å². The number of hydrogen-bond acceptors (Lipinski definition) is 5. The lowest BCUT2D eigenvalue weighted by Crippen LogP contribution is -2.51. The summed E-state index contributed by atoms with van der Waals surface area (Å²) in [6.45, 7) is 18.9. The smallest absolute Gasteiger partial charge is 0.407 e. The molecule has 0 aliphatic heterocycles. The standard InChI is InChI=1S/C37H64N2O4/c1-8-22-39(25-34(40)42-9-2)23-21-38-35(41)43-29-17-19-36(6)28(24-29)13-14-30-32-16-15-31(27(5)12-10-11-26(3)4)37(32,7)20-18-33(30)36/h13,26-27,29-33H,8-12,14-25H2,1-7H3,(H,38,41)/t27-,29+,30+,31-,32+,33+,36+,37-/m1/s1. The van der Waals surface area contributed by atoms with Crippen molar-refractivity contribution in [3.8, 4) is 0 Å². The van der Waals surface area contributed by atoms with Gasteiger partial charge in [0.25, 0.3) is 0 Å². The van der Waals surface area contributed by atoms with Crippen molar-refractivity contribution in [1.29, 1.82) is 0 Å². The van der Waals surface area contributed by atoms with Crippen molar-refractivity contribution in [1.82, 2.24) is 10.2 Å². The number of nitrogens with one attached hydrogen (secondary N) is 1. The number of rotatable bonds is 14. The normalized spacial score (nSPS) is 34.2. The second kappa shape index (κ2) is 15.1. The average molecular weight is 601 g/mol. The Morgan fingerprint density at radius 3 is 2.53 bits per heavy atom. The highest BCUT2D eigenvalue weighted by Crippen LogP contribution is 2.67. The molecule has 6 nitrogen and oxygen atoms in total. The van der Waals surface area contributed by atoms with Crippen molar-refractivity contribution >= 4 is 12.1 Å². The topological polar surface area (TPSA) is 67.9 Å². The number of fused-ring (bicyclic) bond motifs is 5. The Morgan fingerprint density at radius 1 is 1.02 bits per heavy atom. The molecule has 0 unspecified atom stereocenters. The first-order valence-electron chi connectivity index (χ1n) is 18.0. The van der Waals surface area contributed by atoms with Gasteiger partial charge in [0.2, 0.25) is 0 Å². The van der Waals surface area contributed by atoms with Crippen LogP contribution in [0.25, 0.3) is 0 Å². The lowest BCUT2D eigenvalue weighted by atomic mass is 9.47. The number of hydrogen-bond donors (Lipinski definition) is 1. The lowest BCUT2D eigenvalue weighted by Gasteiger charge is -2.58. The second-order valence-electron chi connectivity index (χ2n) is 15.6. The number of ether oxygens (including phenoxy) is 2. The predicted molar refractivity (Wildman–Crippen MR) is 175 cm³/mol. The molecule has 0 spiro atoms. The van der Waals surface area contributed by atoms with Crippen molar-refractivity contribution in [3.63, 3.8) is 0 Å². The van der Waals surface area contributed by atoms with Crippen LogP contribution in [-0.2, 0) is 14.3 Å². The Labute approximate surface area is 263 Å². The molecule has 0 heterocycles. The zero-order chi connectivity index (χ0) is 31.2. The van der Waals surface area contributed by atoms with E-state index in [1.807, 2.05) is 11.8 Å². The van der Waals surface area contributed by atoms with E-state index in [0.717, 1.165) is 67.7 Å². The van der Waals surface area contributed by atoms with Crippen LogP contribution in [0.3, 0.4) is 0 Å². The van der Waals surface area contributed by atoms with Crippen molar-refractivity contribution in [2.24, 2.45) is 46.3 Å². The summed E-state index contributed by atoms with van der Waals surface area (Å²) in [6.07, 6.45) is 17.1. The van der Waals surface area contributed by atoms with E-state index >= 15 is 0 Å². The van der Waals surface area contributed by atoms with Crippen LogP contribution in [0.1, 0.15) is 126 Å². The fraction of sp³-hybridized carbons (Fsp3) is 0.892. The molecule has 43 heavy (non-hydrogen) atoms. The monoisotopic (exact) mass is 600 g/mol. The van der Waals surface area contributed by atoms with E-state index in [-0.39, 0.29) is 30.1 Å². The third-order valence-corrected chi connectivity index (χ3v) is 12.4. The first kappa shape index (κ1) is 34.3. The van der Waals surface area contributed by atoms with E-state index < -0.39 is 0 Å². The molecule has 6 heteroatoms. The van der Waals surface area contributed by atoms with E-state index in [0.29, 0.717) is 25.1 Å². The number of amides is 1. The van der Waals surface area contributed by atoms with Gasteiger partial charge in [0, 0.05) is 19.5 Å². The van der Waals surface area contributed by atoms with Gasteiger partial charge in [-0.25, -0.2) is 4.79 Å². The van der Waals surface area contributed by atoms with Crippen LogP contribution in [0.4, 0.5) is 4.79 Å². The quantitative estimate of drug-likeness (QED) is 0.160. The minimum Gasteiger partial charge on any atom is -0.465 e. The van der Waals surface area contributed by atoms with Gasteiger partial charge in [0.1, 0.15) is 6.10 Å². The molecule has 4 aliphatic carbocycles. The number of carbonyl (C=O) groups excluding carboxylic acids is 2. The van der Waals surface area contributed by atoms with Gasteiger partial charge in [-0.15, -0.1) is 0 Å². The summed E-state index contributed by atoms with van der Waals surface area (Å²) in [5, 5.41) is 2.94. The lowest BCUT2D eigenvalue weighted by molar-refractivity contribution is -0.144. The molecule has 1 amide bonds. The molecular weight excluding hydrogens is 536 g/mol. The van der Waals surface area contributed by atoms with E-state index in [1.54, 1.807) is 5.57 Å². The van der Waals surface area contributed by atoms with Gasteiger partial charge in [0.15, 0.2) is 0 Å². The fourth-order valence-corrected chi connectivity index (χ4v) is 10.2. The van der Waals surface area contributed by atoms with Gasteiger partial charge in [-0.1, -0.05) is 72.5 Å². The minimum absolute atomic E-state index is 0.0430. The molecule has 0 radical (unpaired) electrons. The van der Waals surface area contributed by atoms with Crippen molar-refractivity contribution < 1.29 is 19.1 Å². The van der Waals surface area contributed by atoms with E-state index in [2.05, 4.69) is 52.9 Å². The summed E-state index contributed by atoms with van der Waals surface area (Å²) in [4.78, 5) is 26.7. The Morgan fingerprint density at radius 2 is 1.81 bits per heavy atom. The number of esters is 1. The van der Waals surface area contributed by atoms with Gasteiger partial charge in [-0.05, 0) is 111 Å². The largest absolute Gasteiger partial charge is 0.465 e. The van der Waals surface area contributed by atoms with Crippen LogP contribution >= 0.6 is 0 Å². The number of carbonyl (C=O) groups is 2. The molecule has 0 aromatic rings.